The molecule has 35 heavy (non-hydrogen) atoms. The summed E-state index contributed by atoms with van der Waals surface area (Å²) in [5.41, 5.74) is 3.58. The molecule has 4 aromatic rings. The summed E-state index contributed by atoms with van der Waals surface area (Å²) in [7, 11) is 0. The predicted molar refractivity (Wildman–Crippen MR) is 137 cm³/mol. The van der Waals surface area contributed by atoms with Crippen molar-refractivity contribution < 1.29 is 4.39 Å². The number of nitrogens with zero attached hydrogens (tertiary/aromatic N) is 4. The van der Waals surface area contributed by atoms with Gasteiger partial charge in [-0.2, -0.15) is 0 Å². The number of hydrogen-bond acceptors (Lipinski definition) is 5. The van der Waals surface area contributed by atoms with Crippen LogP contribution in [-0.2, 0) is 24.2 Å². The predicted octanol–water partition coefficient (Wildman–Crippen LogP) is 4.93. The van der Waals surface area contributed by atoms with Crippen LogP contribution in [0.1, 0.15) is 51.4 Å². The first-order chi connectivity index (χ1) is 16.6. The van der Waals surface area contributed by atoms with Gasteiger partial charge in [-0.15, -0.1) is 0 Å². The van der Waals surface area contributed by atoms with Gasteiger partial charge in [0.1, 0.15) is 11.5 Å². The van der Waals surface area contributed by atoms with E-state index in [4.69, 9.17) is 0 Å². The van der Waals surface area contributed by atoms with Gasteiger partial charge in [0, 0.05) is 49.2 Å². The van der Waals surface area contributed by atoms with E-state index >= 15 is 0 Å². The molecule has 3 aromatic heterocycles. The van der Waals surface area contributed by atoms with Gasteiger partial charge >= 0.3 is 0 Å². The molecule has 1 aromatic carbocycles. The third kappa shape index (κ3) is 4.12. The van der Waals surface area contributed by atoms with Gasteiger partial charge in [0.05, 0.1) is 22.3 Å². The number of benzene rings is 1. The number of pyridine rings is 2. The molecule has 0 radical (unpaired) electrons. The smallest absolute Gasteiger partial charge is 0.276 e. The van der Waals surface area contributed by atoms with Gasteiger partial charge in [0.25, 0.3) is 5.56 Å². The topological polar surface area (TPSA) is 76.8 Å². The summed E-state index contributed by atoms with van der Waals surface area (Å²) >= 11 is 0. The Balaban J connectivity index is 1.59. The molecule has 0 spiro atoms. The van der Waals surface area contributed by atoms with Gasteiger partial charge in [-0.3, -0.25) is 9.78 Å². The molecule has 1 aliphatic rings. The van der Waals surface area contributed by atoms with E-state index in [2.05, 4.69) is 52.6 Å². The molecule has 0 bridgehead atoms. The lowest BCUT2D eigenvalue weighted by molar-refractivity contribution is 0.214. The molecule has 5 rings (SSSR count). The fourth-order valence-corrected chi connectivity index (χ4v) is 4.88. The molecule has 0 atom stereocenters. The van der Waals surface area contributed by atoms with Crippen LogP contribution in [0.15, 0.2) is 53.6 Å². The molecular formula is C27H31FN6O. The number of alkyl halides is 1. The lowest BCUT2D eigenvalue weighted by Crippen LogP contribution is -2.38. The Hall–Kier alpha value is -3.52. The second-order valence-corrected chi connectivity index (χ2v) is 10.3. The minimum atomic E-state index is -1.60. The van der Waals surface area contributed by atoms with Crippen LogP contribution < -0.4 is 16.2 Å². The largest absolute Gasteiger partial charge is 0.340 e. The van der Waals surface area contributed by atoms with Crippen molar-refractivity contribution in [2.24, 2.45) is 0 Å². The fourth-order valence-electron chi connectivity index (χ4n) is 4.88. The van der Waals surface area contributed by atoms with Crippen LogP contribution in [0.25, 0.3) is 16.6 Å². The van der Waals surface area contributed by atoms with Crippen LogP contribution in [-0.4, -0.2) is 25.9 Å². The van der Waals surface area contributed by atoms with Crippen molar-refractivity contribution in [3.05, 3.63) is 76.0 Å². The van der Waals surface area contributed by atoms with Crippen LogP contribution in [0.4, 0.5) is 15.9 Å². The van der Waals surface area contributed by atoms with E-state index in [-0.39, 0.29) is 11.0 Å². The summed E-state index contributed by atoms with van der Waals surface area (Å²) in [6.07, 6.45) is 3.18. The van der Waals surface area contributed by atoms with E-state index in [1.807, 2.05) is 17.7 Å². The molecule has 0 aliphatic carbocycles. The average molecular weight is 475 g/mol. The molecule has 182 valence electrons. The Bertz CT molecular complexity index is 1480. The van der Waals surface area contributed by atoms with E-state index in [0.29, 0.717) is 34.6 Å². The van der Waals surface area contributed by atoms with Crippen LogP contribution in [0.5, 0.6) is 0 Å². The molecule has 1 aliphatic heterocycles. The quantitative estimate of drug-likeness (QED) is 0.429. The van der Waals surface area contributed by atoms with Crippen molar-refractivity contribution in [2.45, 2.75) is 58.8 Å². The second kappa shape index (κ2) is 8.30. The lowest BCUT2D eigenvalue weighted by Gasteiger charge is -2.33. The normalized spacial score (nSPS) is 15.3. The Kier molecular flexibility index (Phi) is 5.51. The van der Waals surface area contributed by atoms with Crippen LogP contribution >= 0.6 is 0 Å². The van der Waals surface area contributed by atoms with Crippen LogP contribution in [0.3, 0.4) is 0 Å². The van der Waals surface area contributed by atoms with Gasteiger partial charge in [0.15, 0.2) is 0 Å². The monoisotopic (exact) mass is 474 g/mol. The van der Waals surface area contributed by atoms with E-state index in [0.717, 1.165) is 18.8 Å². The van der Waals surface area contributed by atoms with E-state index < -0.39 is 5.67 Å². The summed E-state index contributed by atoms with van der Waals surface area (Å²) < 4.78 is 18.1. The first-order valence-electron chi connectivity index (χ1n) is 12.0. The molecule has 0 saturated heterocycles. The second-order valence-electron chi connectivity index (χ2n) is 10.3. The zero-order valence-corrected chi connectivity index (χ0v) is 20.8. The highest BCUT2D eigenvalue weighted by Crippen LogP contribution is 2.32. The maximum absolute atomic E-state index is 14.6. The zero-order valence-electron chi connectivity index (χ0n) is 20.8. The zero-order chi connectivity index (χ0) is 25.0. The van der Waals surface area contributed by atoms with E-state index in [9.17, 15) is 9.18 Å². The number of fused-ring (bicyclic) bond motifs is 2. The molecule has 0 saturated carbocycles. The summed E-state index contributed by atoms with van der Waals surface area (Å²) in [5.74, 6) is 0.627. The highest BCUT2D eigenvalue weighted by molar-refractivity contribution is 5.82. The summed E-state index contributed by atoms with van der Waals surface area (Å²) in [6.45, 7) is 11.6. The molecule has 7 nitrogen and oxygen atoms in total. The molecule has 0 unspecified atom stereocenters. The van der Waals surface area contributed by atoms with Crippen molar-refractivity contribution >= 4 is 22.4 Å². The van der Waals surface area contributed by atoms with Crippen molar-refractivity contribution in [1.82, 2.24) is 24.6 Å². The highest BCUT2D eigenvalue weighted by atomic mass is 19.1. The summed E-state index contributed by atoms with van der Waals surface area (Å²) in [4.78, 5) is 21.8. The van der Waals surface area contributed by atoms with Gasteiger partial charge in [-0.05, 0) is 56.2 Å². The molecule has 2 N–H and O–H groups in total. The maximum atomic E-state index is 14.6. The SMILES string of the molecule is CCn1c(=O)c2cnc(Nc3ccc4c(c3)CNCC4(C)C)cc2n1-c1ccnc(C(C)(C)F)c1. The van der Waals surface area contributed by atoms with Crippen molar-refractivity contribution in [3.63, 3.8) is 0 Å². The fraction of sp³-hybridized carbons (Fsp3) is 0.370. The van der Waals surface area contributed by atoms with E-state index in [1.165, 1.54) is 25.0 Å². The Morgan fingerprint density at radius 3 is 2.71 bits per heavy atom. The molecule has 4 heterocycles. The summed E-state index contributed by atoms with van der Waals surface area (Å²) in [6, 6.07) is 11.7. The third-order valence-electron chi connectivity index (χ3n) is 6.70. The lowest BCUT2D eigenvalue weighted by atomic mass is 9.79. The van der Waals surface area contributed by atoms with Crippen molar-refractivity contribution in [1.29, 1.82) is 0 Å². The van der Waals surface area contributed by atoms with Gasteiger partial charge in [0.2, 0.25) is 0 Å². The number of anilines is 2. The van der Waals surface area contributed by atoms with Gasteiger partial charge in [-0.1, -0.05) is 19.9 Å². The molecule has 0 fully saturated rings. The van der Waals surface area contributed by atoms with E-state index in [1.54, 1.807) is 29.2 Å². The Labute approximate surface area is 204 Å². The number of nitrogens with one attached hydrogen (secondary N) is 2. The highest BCUT2D eigenvalue weighted by Gasteiger charge is 2.27. The first-order valence-corrected chi connectivity index (χ1v) is 12.0. The molecule has 8 heteroatoms. The number of aromatic nitrogens is 4. The molecule has 0 amide bonds. The number of halogens is 1. The van der Waals surface area contributed by atoms with Crippen LogP contribution in [0, 0.1) is 0 Å². The first kappa shape index (κ1) is 23.2. The Morgan fingerprint density at radius 1 is 1.17 bits per heavy atom. The summed E-state index contributed by atoms with van der Waals surface area (Å²) in [5, 5.41) is 7.39. The Morgan fingerprint density at radius 2 is 1.97 bits per heavy atom. The number of hydrogen-bond donors (Lipinski definition) is 2. The van der Waals surface area contributed by atoms with Crippen LogP contribution in [0.2, 0.25) is 0 Å². The van der Waals surface area contributed by atoms with Crippen molar-refractivity contribution in [3.8, 4) is 5.69 Å². The minimum absolute atomic E-state index is 0.0833. The number of rotatable bonds is 5. The van der Waals surface area contributed by atoms with Gasteiger partial charge < -0.3 is 10.6 Å². The molecular weight excluding hydrogens is 443 g/mol. The third-order valence-corrected chi connectivity index (χ3v) is 6.70. The maximum Gasteiger partial charge on any atom is 0.276 e. The standard InChI is InChI=1S/C27H31FN6O/c1-6-33-25(35)20-15-31-24(32-18-7-8-21-17(11-18)14-29-16-26(21,2)3)13-22(20)34(33)19-9-10-30-23(12-19)27(4,5)28/h7-13,15,29H,6,14,16H2,1-5H3,(H,31,32). The average Bonchev–Trinajstić information content (AvgIpc) is 3.09. The minimum Gasteiger partial charge on any atom is -0.340 e. The van der Waals surface area contributed by atoms with Gasteiger partial charge in [-0.25, -0.2) is 18.7 Å². The van der Waals surface area contributed by atoms with Crippen molar-refractivity contribution in [2.75, 3.05) is 11.9 Å².